The Hall–Kier alpha value is -1.04. The first-order valence-corrected chi connectivity index (χ1v) is 6.02. The summed E-state index contributed by atoms with van der Waals surface area (Å²) in [7, 11) is 0. The second-order valence-electron chi connectivity index (χ2n) is 3.47. The third-order valence-electron chi connectivity index (χ3n) is 2.36. The number of nitrogens with two attached hydrogens (primary N) is 1. The molecule has 1 rings (SSSR count). The van der Waals surface area contributed by atoms with E-state index in [1.807, 2.05) is 13.8 Å². The Balaban J connectivity index is 3.09. The summed E-state index contributed by atoms with van der Waals surface area (Å²) in [6, 6.07) is 0.152. The Morgan fingerprint density at radius 3 is 2.75 bits per heavy atom. The van der Waals surface area contributed by atoms with Gasteiger partial charge in [0, 0.05) is 0 Å². The van der Waals surface area contributed by atoms with E-state index in [4.69, 9.17) is 10.5 Å². The number of anilines is 1. The van der Waals surface area contributed by atoms with Crippen LogP contribution in [0.5, 0.6) is 0 Å². The van der Waals surface area contributed by atoms with E-state index in [0.717, 1.165) is 6.42 Å². The molecule has 1 heterocycles. The lowest BCUT2D eigenvalue weighted by Gasteiger charge is -2.10. The molecule has 1 unspecified atom stereocenters. The number of esters is 1. The predicted molar refractivity (Wildman–Crippen MR) is 65.3 cm³/mol. The summed E-state index contributed by atoms with van der Waals surface area (Å²) in [6.07, 6.45) is 0.889. The molecule has 0 amide bonds. The van der Waals surface area contributed by atoms with Gasteiger partial charge in [-0.05, 0) is 36.2 Å². The Labute approximate surface area is 103 Å². The van der Waals surface area contributed by atoms with Gasteiger partial charge in [-0.2, -0.15) is 5.10 Å². The van der Waals surface area contributed by atoms with Crippen LogP contribution in [0.4, 0.5) is 5.82 Å². The summed E-state index contributed by atoms with van der Waals surface area (Å²) in [4.78, 5) is 11.6. The highest BCUT2D eigenvalue weighted by molar-refractivity contribution is 9.10. The van der Waals surface area contributed by atoms with Crippen molar-refractivity contribution in [3.8, 4) is 0 Å². The van der Waals surface area contributed by atoms with Gasteiger partial charge in [-0.15, -0.1) is 0 Å². The first-order valence-electron chi connectivity index (χ1n) is 5.23. The Kier molecular flexibility index (Phi) is 4.35. The summed E-state index contributed by atoms with van der Waals surface area (Å²) in [5.74, 6) is 0.000492. The highest BCUT2D eigenvalue weighted by atomic mass is 79.9. The molecule has 0 aromatic carbocycles. The van der Waals surface area contributed by atoms with Crippen LogP contribution in [0, 0.1) is 0 Å². The van der Waals surface area contributed by atoms with Crippen molar-refractivity contribution in [2.75, 3.05) is 12.3 Å². The normalized spacial score (nSPS) is 12.5. The SMILES string of the molecule is CCOC(=O)c1nn(C(C)CC)c(N)c1Br. The molecule has 5 nitrogen and oxygen atoms in total. The van der Waals surface area contributed by atoms with Gasteiger partial charge in [0.2, 0.25) is 0 Å². The van der Waals surface area contributed by atoms with E-state index in [1.165, 1.54) is 0 Å². The molecule has 0 aliphatic carbocycles. The second-order valence-corrected chi connectivity index (χ2v) is 4.26. The van der Waals surface area contributed by atoms with Crippen LogP contribution in [-0.4, -0.2) is 22.4 Å². The van der Waals surface area contributed by atoms with E-state index < -0.39 is 5.97 Å². The maximum atomic E-state index is 11.6. The van der Waals surface area contributed by atoms with Crippen molar-refractivity contribution in [1.82, 2.24) is 9.78 Å². The first kappa shape index (κ1) is 13.0. The van der Waals surface area contributed by atoms with Crippen molar-refractivity contribution in [3.05, 3.63) is 10.2 Å². The molecule has 90 valence electrons. The van der Waals surface area contributed by atoms with Gasteiger partial charge in [0.1, 0.15) is 5.82 Å². The van der Waals surface area contributed by atoms with Gasteiger partial charge < -0.3 is 10.5 Å². The van der Waals surface area contributed by atoms with Crippen LogP contribution in [0.3, 0.4) is 0 Å². The minimum atomic E-state index is -0.455. The number of halogens is 1. The molecule has 1 atom stereocenters. The summed E-state index contributed by atoms with van der Waals surface area (Å²) in [5.41, 5.74) is 6.10. The van der Waals surface area contributed by atoms with Gasteiger partial charge in [-0.1, -0.05) is 6.92 Å². The first-order chi connectivity index (χ1) is 7.52. The number of carbonyl (C=O) groups excluding carboxylic acids is 1. The maximum Gasteiger partial charge on any atom is 0.360 e. The fraction of sp³-hybridized carbons (Fsp3) is 0.600. The van der Waals surface area contributed by atoms with E-state index in [2.05, 4.69) is 21.0 Å². The highest BCUT2D eigenvalue weighted by Gasteiger charge is 2.22. The van der Waals surface area contributed by atoms with Gasteiger partial charge in [-0.3, -0.25) is 0 Å². The van der Waals surface area contributed by atoms with Gasteiger partial charge in [-0.25, -0.2) is 9.48 Å². The van der Waals surface area contributed by atoms with Crippen molar-refractivity contribution in [2.45, 2.75) is 33.2 Å². The number of aromatic nitrogens is 2. The number of hydrogen-bond acceptors (Lipinski definition) is 4. The molecule has 0 aliphatic heterocycles. The van der Waals surface area contributed by atoms with Crippen molar-refractivity contribution in [1.29, 1.82) is 0 Å². The molecule has 6 heteroatoms. The predicted octanol–water partition coefficient (Wildman–Crippen LogP) is 2.38. The van der Waals surface area contributed by atoms with E-state index >= 15 is 0 Å². The minimum Gasteiger partial charge on any atom is -0.461 e. The van der Waals surface area contributed by atoms with Gasteiger partial charge in [0.05, 0.1) is 17.1 Å². The molecule has 0 bridgehead atoms. The number of rotatable bonds is 4. The fourth-order valence-electron chi connectivity index (χ4n) is 1.27. The molecule has 1 aromatic rings. The van der Waals surface area contributed by atoms with E-state index in [-0.39, 0.29) is 11.7 Å². The zero-order chi connectivity index (χ0) is 12.3. The Morgan fingerprint density at radius 1 is 1.62 bits per heavy atom. The molecule has 0 radical (unpaired) electrons. The lowest BCUT2D eigenvalue weighted by molar-refractivity contribution is 0.0517. The number of carbonyl (C=O) groups is 1. The van der Waals surface area contributed by atoms with Crippen LogP contribution in [-0.2, 0) is 4.74 Å². The maximum absolute atomic E-state index is 11.6. The van der Waals surface area contributed by atoms with Crippen LogP contribution in [0.1, 0.15) is 43.7 Å². The summed E-state index contributed by atoms with van der Waals surface area (Å²) in [5, 5.41) is 4.17. The lowest BCUT2D eigenvalue weighted by atomic mass is 10.3. The van der Waals surface area contributed by atoms with Gasteiger partial charge in [0.25, 0.3) is 0 Å². The fourth-order valence-corrected chi connectivity index (χ4v) is 1.69. The van der Waals surface area contributed by atoms with Crippen LogP contribution >= 0.6 is 15.9 Å². The quantitative estimate of drug-likeness (QED) is 0.864. The summed E-state index contributed by atoms with van der Waals surface area (Å²) in [6.45, 7) is 6.09. The molecule has 16 heavy (non-hydrogen) atoms. The zero-order valence-corrected chi connectivity index (χ0v) is 11.2. The number of nitrogen functional groups attached to an aromatic ring is 1. The monoisotopic (exact) mass is 289 g/mol. The Bertz CT molecular complexity index is 390. The van der Waals surface area contributed by atoms with Gasteiger partial charge in [0.15, 0.2) is 5.69 Å². The minimum absolute atomic E-state index is 0.152. The third kappa shape index (κ3) is 2.37. The van der Waals surface area contributed by atoms with E-state index in [9.17, 15) is 4.79 Å². The number of ether oxygens (including phenoxy) is 1. The van der Waals surface area contributed by atoms with Crippen LogP contribution in [0.25, 0.3) is 0 Å². The summed E-state index contributed by atoms with van der Waals surface area (Å²) < 4.78 is 7.03. The van der Waals surface area contributed by atoms with Crippen LogP contribution in [0.2, 0.25) is 0 Å². The van der Waals surface area contributed by atoms with Crippen LogP contribution in [0.15, 0.2) is 4.47 Å². The van der Waals surface area contributed by atoms with Gasteiger partial charge >= 0.3 is 5.97 Å². The largest absolute Gasteiger partial charge is 0.461 e. The molecular weight excluding hydrogens is 274 g/mol. The molecule has 1 aromatic heterocycles. The van der Waals surface area contributed by atoms with E-state index in [1.54, 1.807) is 11.6 Å². The topological polar surface area (TPSA) is 70.1 Å². The van der Waals surface area contributed by atoms with Crippen molar-refractivity contribution in [2.24, 2.45) is 0 Å². The zero-order valence-electron chi connectivity index (χ0n) is 9.66. The molecule has 0 spiro atoms. The average molecular weight is 290 g/mol. The number of nitrogens with zero attached hydrogens (tertiary/aromatic N) is 2. The molecule has 0 saturated carbocycles. The third-order valence-corrected chi connectivity index (χ3v) is 3.15. The van der Waals surface area contributed by atoms with Crippen LogP contribution < -0.4 is 5.73 Å². The molecular formula is C10H16BrN3O2. The van der Waals surface area contributed by atoms with Crippen molar-refractivity contribution in [3.63, 3.8) is 0 Å². The lowest BCUT2D eigenvalue weighted by Crippen LogP contribution is -2.11. The number of hydrogen-bond donors (Lipinski definition) is 1. The summed E-state index contributed by atoms with van der Waals surface area (Å²) >= 11 is 3.26. The standard InChI is InChI=1S/C10H16BrN3O2/c1-4-6(3)14-9(12)7(11)8(13-14)10(15)16-5-2/h6H,4-5,12H2,1-3H3. The second kappa shape index (κ2) is 5.34. The molecule has 2 N–H and O–H groups in total. The van der Waals surface area contributed by atoms with Crippen molar-refractivity contribution < 1.29 is 9.53 Å². The van der Waals surface area contributed by atoms with Crippen molar-refractivity contribution >= 4 is 27.7 Å². The molecule has 0 fully saturated rings. The Morgan fingerprint density at radius 2 is 2.25 bits per heavy atom. The molecule has 0 saturated heterocycles. The highest BCUT2D eigenvalue weighted by Crippen LogP contribution is 2.27. The molecule has 0 aliphatic rings. The smallest absolute Gasteiger partial charge is 0.360 e. The average Bonchev–Trinajstić information content (AvgIpc) is 2.56. The van der Waals surface area contributed by atoms with E-state index in [0.29, 0.717) is 16.9 Å².